The van der Waals surface area contributed by atoms with Gasteiger partial charge in [-0.15, -0.1) is 12.3 Å². The highest BCUT2D eigenvalue weighted by Gasteiger charge is 2.17. The van der Waals surface area contributed by atoms with Crippen molar-refractivity contribution in [3.05, 3.63) is 10.8 Å². The summed E-state index contributed by atoms with van der Waals surface area (Å²) in [5.41, 5.74) is 1.13. The van der Waals surface area contributed by atoms with Gasteiger partial charge < -0.3 is 4.74 Å². The minimum absolute atomic E-state index is 0.0607. The summed E-state index contributed by atoms with van der Waals surface area (Å²) in [6.07, 6.45) is 5.83. The molecule has 68 valence electrons. The zero-order valence-electron chi connectivity index (χ0n) is 7.23. The van der Waals surface area contributed by atoms with Crippen molar-refractivity contribution < 1.29 is 4.74 Å². The average molecular weight is 207 g/mol. The molecule has 0 atom stereocenters. The third-order valence-corrected chi connectivity index (χ3v) is 1.80. The Hall–Kier alpha value is -0.320. The molecule has 0 spiro atoms. The fourth-order valence-corrected chi connectivity index (χ4v) is 0.741. The third-order valence-electron chi connectivity index (χ3n) is 1.27. The van der Waals surface area contributed by atoms with Crippen molar-refractivity contribution in [2.24, 2.45) is 5.41 Å². The van der Waals surface area contributed by atoms with Crippen molar-refractivity contribution >= 4 is 23.2 Å². The smallest absolute Gasteiger partial charge is 0.198 e. The minimum atomic E-state index is -0.0607. The first-order valence-corrected chi connectivity index (χ1v) is 4.35. The molecule has 0 aliphatic carbocycles. The molecule has 0 unspecified atom stereocenters. The first kappa shape index (κ1) is 11.7. The van der Waals surface area contributed by atoms with Gasteiger partial charge >= 0.3 is 0 Å². The Balaban J connectivity index is 3.85. The normalized spacial score (nSPS) is 12.4. The van der Waals surface area contributed by atoms with E-state index in [1.54, 1.807) is 0 Å². The molecule has 0 radical (unpaired) electrons. The third kappa shape index (κ3) is 5.35. The van der Waals surface area contributed by atoms with Crippen LogP contribution in [0.1, 0.15) is 20.3 Å². The van der Waals surface area contributed by atoms with Crippen molar-refractivity contribution in [2.75, 3.05) is 6.61 Å². The molecule has 3 heteroatoms. The van der Waals surface area contributed by atoms with Crippen molar-refractivity contribution in [1.82, 2.24) is 0 Å². The molecule has 0 fully saturated rings. The molecule has 0 aliphatic rings. The van der Waals surface area contributed by atoms with Crippen molar-refractivity contribution in [2.45, 2.75) is 20.3 Å². The first-order chi connectivity index (χ1) is 5.52. The van der Waals surface area contributed by atoms with E-state index < -0.39 is 0 Å². The Bertz CT molecular complexity index is 201. The van der Waals surface area contributed by atoms with E-state index in [0.717, 1.165) is 0 Å². The maximum atomic E-state index is 5.53. The van der Waals surface area contributed by atoms with Crippen LogP contribution in [0.3, 0.4) is 0 Å². The second-order valence-electron chi connectivity index (χ2n) is 3.25. The maximum Gasteiger partial charge on any atom is 0.198 e. The molecular formula is C9H12Cl2O. The van der Waals surface area contributed by atoms with Gasteiger partial charge in [0.05, 0.1) is 12.1 Å². The van der Waals surface area contributed by atoms with Crippen LogP contribution in [0.25, 0.3) is 0 Å². The first-order valence-electron chi connectivity index (χ1n) is 3.54. The number of halogens is 2. The Kier molecular flexibility index (Phi) is 5.20. The van der Waals surface area contributed by atoms with Gasteiger partial charge in [0.1, 0.15) is 0 Å². The van der Waals surface area contributed by atoms with Crippen molar-refractivity contribution in [3.63, 3.8) is 0 Å². The van der Waals surface area contributed by atoms with Crippen LogP contribution in [0.5, 0.6) is 0 Å². The second kappa shape index (κ2) is 5.35. The van der Waals surface area contributed by atoms with E-state index in [1.807, 2.05) is 13.8 Å². The van der Waals surface area contributed by atoms with E-state index in [2.05, 4.69) is 5.92 Å². The van der Waals surface area contributed by atoms with Gasteiger partial charge in [-0.2, -0.15) is 0 Å². The second-order valence-corrected chi connectivity index (χ2v) is 3.84. The summed E-state index contributed by atoms with van der Waals surface area (Å²) >= 11 is 10.8. The van der Waals surface area contributed by atoms with E-state index in [4.69, 9.17) is 34.4 Å². The highest BCUT2D eigenvalue weighted by Crippen LogP contribution is 2.21. The van der Waals surface area contributed by atoms with E-state index in [0.29, 0.717) is 13.0 Å². The standard InChI is InChI=1S/C9H12Cl2O/c1-4-5-9(2,3)7-12-8(11)6-10/h1,6H,5,7H2,2-3H3/b8-6-. The average Bonchev–Trinajstić information content (AvgIpc) is 2.00. The highest BCUT2D eigenvalue weighted by molar-refractivity contribution is 6.35. The predicted molar refractivity (Wildman–Crippen MR) is 53.0 cm³/mol. The number of hydrogen-bond donors (Lipinski definition) is 0. The van der Waals surface area contributed by atoms with Crippen LogP contribution in [0.15, 0.2) is 10.8 Å². The van der Waals surface area contributed by atoms with Gasteiger partial charge in [-0.05, 0) is 11.6 Å². The van der Waals surface area contributed by atoms with Crippen LogP contribution in [0.4, 0.5) is 0 Å². The van der Waals surface area contributed by atoms with E-state index in [-0.39, 0.29) is 10.6 Å². The lowest BCUT2D eigenvalue weighted by Crippen LogP contribution is -2.17. The Morgan fingerprint density at radius 1 is 1.67 bits per heavy atom. The van der Waals surface area contributed by atoms with Gasteiger partial charge in [0.25, 0.3) is 0 Å². The molecule has 1 nitrogen and oxygen atoms in total. The molecule has 0 rings (SSSR count). The Morgan fingerprint density at radius 3 is 2.67 bits per heavy atom. The summed E-state index contributed by atoms with van der Waals surface area (Å²) in [4.78, 5) is 0. The summed E-state index contributed by atoms with van der Waals surface area (Å²) < 4.78 is 5.11. The monoisotopic (exact) mass is 206 g/mol. The number of hydrogen-bond acceptors (Lipinski definition) is 1. The van der Waals surface area contributed by atoms with E-state index in [9.17, 15) is 0 Å². The largest absolute Gasteiger partial charge is 0.482 e. The van der Waals surface area contributed by atoms with E-state index in [1.165, 1.54) is 5.54 Å². The quantitative estimate of drug-likeness (QED) is 0.507. The van der Waals surface area contributed by atoms with Crippen molar-refractivity contribution in [1.29, 1.82) is 0 Å². The van der Waals surface area contributed by atoms with Gasteiger partial charge in [0.15, 0.2) is 5.22 Å². The van der Waals surface area contributed by atoms with Crippen LogP contribution in [-0.2, 0) is 4.74 Å². The summed E-state index contributed by atoms with van der Waals surface area (Å²) in [6.45, 7) is 4.48. The van der Waals surface area contributed by atoms with Gasteiger partial charge in [-0.25, -0.2) is 0 Å². The van der Waals surface area contributed by atoms with Crippen LogP contribution >= 0.6 is 23.2 Å². The van der Waals surface area contributed by atoms with Crippen LogP contribution < -0.4 is 0 Å². The Labute approximate surface area is 83.7 Å². The van der Waals surface area contributed by atoms with Crippen LogP contribution in [-0.4, -0.2) is 6.61 Å². The number of ether oxygens (including phenoxy) is 1. The van der Waals surface area contributed by atoms with Gasteiger partial charge in [-0.1, -0.05) is 25.4 Å². The predicted octanol–water partition coefficient (Wildman–Crippen LogP) is 3.33. The summed E-state index contributed by atoms with van der Waals surface area (Å²) in [5.74, 6) is 2.57. The molecule has 0 heterocycles. The van der Waals surface area contributed by atoms with E-state index >= 15 is 0 Å². The highest BCUT2D eigenvalue weighted by atomic mass is 35.5. The molecule has 0 N–H and O–H groups in total. The topological polar surface area (TPSA) is 9.23 Å². The summed E-state index contributed by atoms with van der Waals surface area (Å²) in [5, 5.41) is 0.196. The lowest BCUT2D eigenvalue weighted by molar-refractivity contribution is 0.133. The zero-order valence-corrected chi connectivity index (χ0v) is 8.74. The molecule has 12 heavy (non-hydrogen) atoms. The van der Waals surface area contributed by atoms with Crippen LogP contribution in [0, 0.1) is 17.8 Å². The number of rotatable bonds is 4. The lowest BCUT2D eigenvalue weighted by Gasteiger charge is -2.21. The fourth-order valence-electron chi connectivity index (χ4n) is 0.623. The zero-order chi connectivity index (χ0) is 9.61. The molecule has 0 aromatic heterocycles. The maximum absolute atomic E-state index is 5.53. The number of terminal acetylenes is 1. The lowest BCUT2D eigenvalue weighted by atomic mass is 9.91. The van der Waals surface area contributed by atoms with Crippen molar-refractivity contribution in [3.8, 4) is 12.3 Å². The molecular weight excluding hydrogens is 195 g/mol. The SMILES string of the molecule is C#CCC(C)(C)CO/C(Cl)=C\Cl. The summed E-state index contributed by atoms with van der Waals surface area (Å²) in [6, 6.07) is 0. The van der Waals surface area contributed by atoms with Gasteiger partial charge in [-0.3, -0.25) is 0 Å². The molecule has 0 bridgehead atoms. The van der Waals surface area contributed by atoms with Gasteiger partial charge in [0.2, 0.25) is 0 Å². The summed E-state index contributed by atoms with van der Waals surface area (Å²) in [7, 11) is 0. The minimum Gasteiger partial charge on any atom is -0.482 e. The Morgan fingerprint density at radius 2 is 2.25 bits per heavy atom. The van der Waals surface area contributed by atoms with Crippen LogP contribution in [0.2, 0.25) is 0 Å². The fraction of sp³-hybridized carbons (Fsp3) is 0.556. The molecule has 0 aromatic rings. The van der Waals surface area contributed by atoms with Gasteiger partial charge in [0, 0.05) is 11.8 Å². The molecule has 0 aromatic carbocycles. The molecule has 0 saturated heterocycles. The molecule has 0 amide bonds. The molecule has 0 saturated carbocycles. The molecule has 0 aliphatic heterocycles.